The Balaban J connectivity index is 2.31. The number of rotatable bonds is 2. The number of aromatic hydroxyl groups is 1. The molecule has 1 heterocycles. The van der Waals surface area contributed by atoms with Crippen LogP contribution in [0.15, 0.2) is 18.2 Å². The van der Waals surface area contributed by atoms with E-state index in [4.69, 9.17) is 4.74 Å². The Hall–Kier alpha value is -2.24. The molecule has 6 nitrogen and oxygen atoms in total. The van der Waals surface area contributed by atoms with E-state index in [-0.39, 0.29) is 5.75 Å². The molecule has 1 aliphatic rings. The average Bonchev–Trinajstić information content (AvgIpc) is 2.58. The van der Waals surface area contributed by atoms with Gasteiger partial charge in [-0.2, -0.15) is 0 Å². The summed E-state index contributed by atoms with van der Waals surface area (Å²) in [5.41, 5.74) is 0.502. The van der Waals surface area contributed by atoms with E-state index in [9.17, 15) is 14.7 Å². The molecule has 1 saturated heterocycles. The van der Waals surface area contributed by atoms with Crippen LogP contribution >= 0.6 is 0 Å². The Bertz CT molecular complexity index is 458. The van der Waals surface area contributed by atoms with E-state index in [1.807, 2.05) is 0 Å². The number of nitrogens with one attached hydrogen (secondary N) is 2. The molecule has 84 valence electrons. The van der Waals surface area contributed by atoms with Crippen LogP contribution in [0.5, 0.6) is 11.5 Å². The lowest BCUT2D eigenvalue weighted by atomic mass is 10.1. The molecule has 16 heavy (non-hydrogen) atoms. The smallest absolute Gasteiger partial charge is 0.322 e. The number of methoxy groups -OCH3 is 1. The minimum atomic E-state index is -0.760. The quantitative estimate of drug-likeness (QED) is 0.627. The number of ether oxygens (including phenoxy) is 1. The highest BCUT2D eigenvalue weighted by atomic mass is 16.5. The first-order valence-corrected chi connectivity index (χ1v) is 4.60. The molecule has 6 heteroatoms. The van der Waals surface area contributed by atoms with Gasteiger partial charge < -0.3 is 15.2 Å². The van der Waals surface area contributed by atoms with Crippen molar-refractivity contribution in [3.05, 3.63) is 23.8 Å². The van der Waals surface area contributed by atoms with Gasteiger partial charge in [-0.1, -0.05) is 6.07 Å². The van der Waals surface area contributed by atoms with Gasteiger partial charge in [0.05, 0.1) is 7.11 Å². The molecule has 2 rings (SSSR count). The van der Waals surface area contributed by atoms with Crippen LogP contribution in [-0.2, 0) is 4.79 Å². The first kappa shape index (κ1) is 10.3. The number of amides is 3. The fourth-order valence-corrected chi connectivity index (χ4v) is 1.54. The zero-order chi connectivity index (χ0) is 11.7. The van der Waals surface area contributed by atoms with Gasteiger partial charge in [-0.3, -0.25) is 10.1 Å². The fourth-order valence-electron chi connectivity index (χ4n) is 1.54. The number of phenols is 1. The van der Waals surface area contributed by atoms with Crippen LogP contribution in [-0.4, -0.2) is 24.2 Å². The molecule has 1 aromatic carbocycles. The molecule has 0 spiro atoms. The number of carbonyl (C=O) groups excluding carboxylic acids is 2. The van der Waals surface area contributed by atoms with Crippen LogP contribution in [0, 0.1) is 0 Å². The zero-order valence-corrected chi connectivity index (χ0v) is 8.48. The Morgan fingerprint density at radius 1 is 1.38 bits per heavy atom. The van der Waals surface area contributed by atoms with E-state index in [0.717, 1.165) is 0 Å². The summed E-state index contributed by atoms with van der Waals surface area (Å²) in [6.07, 6.45) is 0. The summed E-state index contributed by atoms with van der Waals surface area (Å²) in [6, 6.07) is 3.22. The summed E-state index contributed by atoms with van der Waals surface area (Å²) >= 11 is 0. The van der Waals surface area contributed by atoms with Crippen molar-refractivity contribution >= 4 is 11.9 Å². The SMILES string of the molecule is COc1ccc(C2NC(=O)NC2=O)cc1O. The van der Waals surface area contributed by atoms with Crippen molar-refractivity contribution in [2.24, 2.45) is 0 Å². The molecule has 1 aromatic rings. The first-order valence-electron chi connectivity index (χ1n) is 4.60. The third-order valence-corrected chi connectivity index (χ3v) is 2.31. The third-order valence-electron chi connectivity index (χ3n) is 2.31. The van der Waals surface area contributed by atoms with E-state index in [2.05, 4.69) is 10.6 Å². The second-order valence-corrected chi connectivity index (χ2v) is 3.33. The molecule has 0 aliphatic carbocycles. The van der Waals surface area contributed by atoms with Gasteiger partial charge in [-0.05, 0) is 17.7 Å². The standard InChI is InChI=1S/C10H10N2O4/c1-16-7-3-2-5(4-6(7)13)8-9(14)12-10(15)11-8/h2-4,8,13H,1H3,(H2,11,12,14,15). The van der Waals surface area contributed by atoms with Crippen molar-refractivity contribution in [1.29, 1.82) is 0 Å². The summed E-state index contributed by atoms with van der Waals surface area (Å²) in [7, 11) is 1.43. The van der Waals surface area contributed by atoms with Crippen LogP contribution in [0.2, 0.25) is 0 Å². The molecular weight excluding hydrogens is 212 g/mol. The van der Waals surface area contributed by atoms with Crippen molar-refractivity contribution in [2.45, 2.75) is 6.04 Å². The maximum absolute atomic E-state index is 11.3. The molecule has 1 aliphatic heterocycles. The van der Waals surface area contributed by atoms with Crippen LogP contribution in [0.25, 0.3) is 0 Å². The largest absolute Gasteiger partial charge is 0.504 e. The van der Waals surface area contributed by atoms with Crippen LogP contribution in [0.1, 0.15) is 11.6 Å². The highest BCUT2D eigenvalue weighted by molar-refractivity contribution is 6.04. The maximum atomic E-state index is 11.3. The summed E-state index contributed by atoms with van der Waals surface area (Å²) < 4.78 is 4.87. The number of urea groups is 1. The number of imide groups is 1. The van der Waals surface area contributed by atoms with E-state index >= 15 is 0 Å². The maximum Gasteiger partial charge on any atom is 0.322 e. The molecule has 1 atom stereocenters. The second-order valence-electron chi connectivity index (χ2n) is 3.33. The fraction of sp³-hybridized carbons (Fsp3) is 0.200. The second kappa shape index (κ2) is 3.73. The van der Waals surface area contributed by atoms with Gasteiger partial charge in [0.2, 0.25) is 0 Å². The van der Waals surface area contributed by atoms with E-state index in [1.165, 1.54) is 19.2 Å². The van der Waals surface area contributed by atoms with Crippen molar-refractivity contribution in [1.82, 2.24) is 10.6 Å². The molecule has 0 bridgehead atoms. The lowest BCUT2D eigenvalue weighted by Gasteiger charge is -2.09. The van der Waals surface area contributed by atoms with Gasteiger partial charge in [-0.25, -0.2) is 4.79 Å². The molecule has 3 N–H and O–H groups in total. The Kier molecular flexibility index (Phi) is 2.40. The third kappa shape index (κ3) is 1.65. The summed E-state index contributed by atoms with van der Waals surface area (Å²) in [6.45, 7) is 0. The molecule has 1 fully saturated rings. The monoisotopic (exact) mass is 222 g/mol. The van der Waals surface area contributed by atoms with Crippen LogP contribution in [0.3, 0.4) is 0 Å². The zero-order valence-electron chi connectivity index (χ0n) is 8.48. The van der Waals surface area contributed by atoms with Gasteiger partial charge >= 0.3 is 6.03 Å². The van der Waals surface area contributed by atoms with Crippen molar-refractivity contribution in [3.63, 3.8) is 0 Å². The van der Waals surface area contributed by atoms with E-state index in [1.54, 1.807) is 6.07 Å². The average molecular weight is 222 g/mol. The van der Waals surface area contributed by atoms with Gasteiger partial charge in [-0.15, -0.1) is 0 Å². The highest BCUT2D eigenvalue weighted by Crippen LogP contribution is 2.29. The lowest BCUT2D eigenvalue weighted by Crippen LogP contribution is -2.22. The molecular formula is C10H10N2O4. The number of phenolic OH excluding ortho intramolecular Hbond substituents is 1. The number of benzene rings is 1. The van der Waals surface area contributed by atoms with Gasteiger partial charge in [0.1, 0.15) is 6.04 Å². The summed E-state index contributed by atoms with van der Waals surface area (Å²) in [4.78, 5) is 22.3. The van der Waals surface area contributed by atoms with Gasteiger partial charge in [0, 0.05) is 0 Å². The topological polar surface area (TPSA) is 87.7 Å². The van der Waals surface area contributed by atoms with Crippen molar-refractivity contribution in [2.75, 3.05) is 7.11 Å². The van der Waals surface area contributed by atoms with Gasteiger partial charge in [0.25, 0.3) is 5.91 Å². The van der Waals surface area contributed by atoms with Crippen molar-refractivity contribution < 1.29 is 19.4 Å². The Morgan fingerprint density at radius 2 is 2.12 bits per heavy atom. The van der Waals surface area contributed by atoms with Gasteiger partial charge in [0.15, 0.2) is 11.5 Å². The predicted molar refractivity (Wildman–Crippen MR) is 54.1 cm³/mol. The minimum Gasteiger partial charge on any atom is -0.504 e. The summed E-state index contributed by atoms with van der Waals surface area (Å²) in [5, 5.41) is 14.1. The van der Waals surface area contributed by atoms with Crippen molar-refractivity contribution in [3.8, 4) is 11.5 Å². The molecule has 0 saturated carbocycles. The van der Waals surface area contributed by atoms with E-state index < -0.39 is 18.0 Å². The Morgan fingerprint density at radius 3 is 2.62 bits per heavy atom. The minimum absolute atomic E-state index is 0.0750. The predicted octanol–water partition coefficient (Wildman–Crippen LogP) is 0.281. The molecule has 0 radical (unpaired) electrons. The van der Waals surface area contributed by atoms with E-state index in [0.29, 0.717) is 11.3 Å². The lowest BCUT2D eigenvalue weighted by molar-refractivity contribution is -0.120. The number of hydrogen-bond donors (Lipinski definition) is 3. The molecule has 3 amide bonds. The molecule has 1 unspecified atom stereocenters. The van der Waals surface area contributed by atoms with Crippen LogP contribution < -0.4 is 15.4 Å². The highest BCUT2D eigenvalue weighted by Gasteiger charge is 2.31. The number of hydrogen-bond acceptors (Lipinski definition) is 4. The molecule has 0 aromatic heterocycles. The van der Waals surface area contributed by atoms with Crippen LogP contribution in [0.4, 0.5) is 4.79 Å². The Labute approximate surface area is 91.2 Å². The normalized spacial score (nSPS) is 19.2. The number of carbonyl (C=O) groups is 2. The summed E-state index contributed by atoms with van der Waals surface area (Å²) in [5.74, 6) is -0.197. The first-order chi connectivity index (χ1) is 7.61.